The van der Waals surface area contributed by atoms with Gasteiger partial charge in [-0.25, -0.2) is 23.9 Å². The number of aromatic nitrogens is 6. The Hall–Kier alpha value is -5.48. The average molecular weight is 767 g/mol. The minimum absolute atomic E-state index is 0.144. The quantitative estimate of drug-likeness (QED) is 0.140. The first-order valence-electron chi connectivity index (χ1n) is 19.5. The van der Waals surface area contributed by atoms with Gasteiger partial charge in [0.05, 0.1) is 35.1 Å². The SMILES string of the molecule is CC(C)Oc1cc2nc(C3CCC(CNCC4(O)CCN(c5ncc(C6CCC(=O)NC6=O)cc5F)CC4)CC3)cn2cc1C(=O)Nc1cnn2cccnc12. The minimum Gasteiger partial charge on any atom is -0.490 e. The number of nitrogens with zero attached hydrogens (tertiary/aromatic N) is 7. The van der Waals surface area contributed by atoms with Gasteiger partial charge in [-0.15, -0.1) is 0 Å². The molecule has 2 aliphatic heterocycles. The van der Waals surface area contributed by atoms with E-state index in [2.05, 4.69) is 31.0 Å². The van der Waals surface area contributed by atoms with Crippen LogP contribution < -0.4 is 25.6 Å². The fraction of sp³-hybridized carbons (Fsp3) is 0.475. The predicted molar refractivity (Wildman–Crippen MR) is 205 cm³/mol. The highest BCUT2D eigenvalue weighted by Gasteiger charge is 2.35. The third-order valence-corrected chi connectivity index (χ3v) is 11.3. The Morgan fingerprint density at radius 2 is 1.89 bits per heavy atom. The molecular weight excluding hydrogens is 720 g/mol. The van der Waals surface area contributed by atoms with E-state index in [9.17, 15) is 19.5 Å². The zero-order chi connectivity index (χ0) is 39.0. The Balaban J connectivity index is 0.827. The average Bonchev–Trinajstić information content (AvgIpc) is 3.79. The number of carbonyl (C=O) groups is 3. The van der Waals surface area contributed by atoms with Crippen molar-refractivity contribution in [2.75, 3.05) is 36.4 Å². The van der Waals surface area contributed by atoms with Crippen LogP contribution in [-0.2, 0) is 9.59 Å². The summed E-state index contributed by atoms with van der Waals surface area (Å²) in [7, 11) is 0. The molecule has 2 saturated heterocycles. The molecule has 3 amide bonds. The van der Waals surface area contributed by atoms with E-state index >= 15 is 4.39 Å². The van der Waals surface area contributed by atoms with Crippen molar-refractivity contribution in [2.45, 2.75) is 88.8 Å². The molecule has 0 radical (unpaired) electrons. The van der Waals surface area contributed by atoms with Gasteiger partial charge in [0.15, 0.2) is 17.3 Å². The van der Waals surface area contributed by atoms with E-state index in [4.69, 9.17) is 9.72 Å². The number of hydrogen-bond acceptors (Lipinski definition) is 11. The summed E-state index contributed by atoms with van der Waals surface area (Å²) < 4.78 is 24.8. The number of piperidine rings is 2. The van der Waals surface area contributed by atoms with Crippen LogP contribution in [0.1, 0.15) is 98.7 Å². The van der Waals surface area contributed by atoms with Crippen molar-refractivity contribution in [3.8, 4) is 5.75 Å². The number of imide groups is 1. The molecule has 4 N–H and O–H groups in total. The highest BCUT2D eigenvalue weighted by molar-refractivity contribution is 6.07. The number of hydrogen-bond donors (Lipinski definition) is 4. The topological polar surface area (TPSA) is 180 Å². The van der Waals surface area contributed by atoms with Crippen LogP contribution in [0.4, 0.5) is 15.9 Å². The molecule has 8 rings (SSSR count). The van der Waals surface area contributed by atoms with Crippen molar-refractivity contribution in [1.82, 2.24) is 39.6 Å². The van der Waals surface area contributed by atoms with Gasteiger partial charge in [0.25, 0.3) is 5.91 Å². The molecule has 7 heterocycles. The summed E-state index contributed by atoms with van der Waals surface area (Å²) >= 11 is 0. The number of rotatable bonds is 11. The van der Waals surface area contributed by atoms with Crippen molar-refractivity contribution in [3.63, 3.8) is 0 Å². The van der Waals surface area contributed by atoms with Gasteiger partial charge in [0.1, 0.15) is 17.1 Å². The van der Waals surface area contributed by atoms with Gasteiger partial charge in [-0.1, -0.05) is 0 Å². The van der Waals surface area contributed by atoms with Gasteiger partial charge in [-0.2, -0.15) is 5.10 Å². The largest absolute Gasteiger partial charge is 0.490 e. The zero-order valence-electron chi connectivity index (χ0n) is 31.6. The van der Waals surface area contributed by atoms with Gasteiger partial charge in [0.2, 0.25) is 11.8 Å². The van der Waals surface area contributed by atoms with E-state index < -0.39 is 23.2 Å². The van der Waals surface area contributed by atoms with Crippen molar-refractivity contribution >= 4 is 40.5 Å². The van der Waals surface area contributed by atoms with Crippen molar-refractivity contribution in [1.29, 1.82) is 0 Å². The number of halogens is 1. The third kappa shape index (κ3) is 7.93. The van der Waals surface area contributed by atoms with E-state index in [1.165, 1.54) is 12.3 Å². The first-order valence-corrected chi connectivity index (χ1v) is 19.5. The normalized spacial score (nSPS) is 21.4. The van der Waals surface area contributed by atoms with Gasteiger partial charge in [-0.05, 0) is 89.0 Å². The van der Waals surface area contributed by atoms with Gasteiger partial charge in [0, 0.05) is 69.0 Å². The lowest BCUT2D eigenvalue weighted by Gasteiger charge is -2.39. The van der Waals surface area contributed by atoms with E-state index in [-0.39, 0.29) is 30.2 Å². The Bertz CT molecular complexity index is 2260. The van der Waals surface area contributed by atoms with Crippen LogP contribution in [0.15, 0.2) is 55.4 Å². The lowest BCUT2D eigenvalue weighted by Crippen LogP contribution is -2.51. The predicted octanol–water partition coefficient (Wildman–Crippen LogP) is 4.37. The molecule has 5 aromatic heterocycles. The lowest BCUT2D eigenvalue weighted by molar-refractivity contribution is -0.134. The van der Waals surface area contributed by atoms with Gasteiger partial charge >= 0.3 is 0 Å². The van der Waals surface area contributed by atoms with Gasteiger partial charge in [-0.3, -0.25) is 19.7 Å². The molecule has 3 aliphatic rings. The number of ether oxygens (including phenoxy) is 1. The van der Waals surface area contributed by atoms with Crippen LogP contribution in [0.5, 0.6) is 5.75 Å². The summed E-state index contributed by atoms with van der Waals surface area (Å²) in [6.07, 6.45) is 15.7. The maximum Gasteiger partial charge on any atom is 0.261 e. The molecule has 294 valence electrons. The Morgan fingerprint density at radius 3 is 2.64 bits per heavy atom. The summed E-state index contributed by atoms with van der Waals surface area (Å²) in [6, 6.07) is 4.94. The van der Waals surface area contributed by atoms with Crippen LogP contribution in [-0.4, -0.2) is 89.7 Å². The summed E-state index contributed by atoms with van der Waals surface area (Å²) in [5, 5.41) is 24.4. The number of amides is 3. The van der Waals surface area contributed by atoms with Crippen LogP contribution in [0, 0.1) is 11.7 Å². The smallest absolute Gasteiger partial charge is 0.261 e. The monoisotopic (exact) mass is 766 g/mol. The van der Waals surface area contributed by atoms with Crippen LogP contribution in [0.25, 0.3) is 11.3 Å². The summed E-state index contributed by atoms with van der Waals surface area (Å²) in [4.78, 5) is 52.8. The first kappa shape index (κ1) is 37.4. The van der Waals surface area contributed by atoms with Crippen molar-refractivity contribution in [2.24, 2.45) is 5.92 Å². The number of aliphatic hydroxyl groups is 1. The number of pyridine rings is 2. The minimum atomic E-state index is -0.898. The number of fused-ring (bicyclic) bond motifs is 2. The zero-order valence-corrected chi connectivity index (χ0v) is 31.6. The second-order valence-corrected chi connectivity index (χ2v) is 15.7. The van der Waals surface area contributed by atoms with Crippen LogP contribution in [0.3, 0.4) is 0 Å². The lowest BCUT2D eigenvalue weighted by atomic mass is 9.80. The van der Waals surface area contributed by atoms with Crippen LogP contribution in [0.2, 0.25) is 0 Å². The molecule has 1 aliphatic carbocycles. The first-order chi connectivity index (χ1) is 27.0. The highest BCUT2D eigenvalue weighted by Crippen LogP contribution is 2.36. The Morgan fingerprint density at radius 1 is 1.09 bits per heavy atom. The second-order valence-electron chi connectivity index (χ2n) is 15.7. The molecule has 1 atom stereocenters. The number of imidazole rings is 1. The molecule has 1 unspecified atom stereocenters. The summed E-state index contributed by atoms with van der Waals surface area (Å²) in [5.41, 5.74) is 2.71. The Kier molecular flexibility index (Phi) is 10.4. The number of carbonyl (C=O) groups excluding carboxylic acids is 3. The Labute approximate surface area is 323 Å². The van der Waals surface area contributed by atoms with E-state index in [1.807, 2.05) is 35.4 Å². The molecule has 0 aromatic carbocycles. The molecule has 0 bridgehead atoms. The van der Waals surface area contributed by atoms with E-state index in [0.717, 1.165) is 43.6 Å². The fourth-order valence-corrected chi connectivity index (χ4v) is 8.22. The molecule has 56 heavy (non-hydrogen) atoms. The third-order valence-electron chi connectivity index (χ3n) is 11.3. The molecule has 15 nitrogen and oxygen atoms in total. The molecular formula is C40H47FN10O5. The maximum absolute atomic E-state index is 15.2. The molecule has 1 saturated carbocycles. The van der Waals surface area contributed by atoms with E-state index in [0.29, 0.717) is 78.9 Å². The fourth-order valence-electron chi connectivity index (χ4n) is 8.22. The van der Waals surface area contributed by atoms with E-state index in [1.54, 1.807) is 35.4 Å². The molecule has 0 spiro atoms. The van der Waals surface area contributed by atoms with Crippen molar-refractivity contribution in [3.05, 3.63) is 78.0 Å². The van der Waals surface area contributed by atoms with Crippen LogP contribution >= 0.6 is 0 Å². The van der Waals surface area contributed by atoms with Crippen molar-refractivity contribution < 1.29 is 28.6 Å². The highest BCUT2D eigenvalue weighted by atomic mass is 19.1. The second kappa shape index (κ2) is 15.6. The summed E-state index contributed by atoms with van der Waals surface area (Å²) in [6.45, 7) is 6.02. The summed E-state index contributed by atoms with van der Waals surface area (Å²) in [5.74, 6) is -0.723. The standard InChI is InChI=1S/C40H47FN10O5/c1-24(2)56-33-17-34-46-32(22-50(34)21-29(33)39(54)47-31-20-45-51-13-3-12-43-37(31)51)26-6-4-25(5-7-26)18-42-23-40(55)10-14-49(15-11-40)36-30(41)16-27(19-44-36)28-8-9-35(52)48-38(28)53/h3,12-13,16-17,19-22,24-26,28,42,55H,4-11,14-15,18,23H2,1-2H3,(H,47,54)(H,48,52,53). The molecule has 16 heteroatoms. The number of nitrogens with one attached hydrogen (secondary N) is 3. The van der Waals surface area contributed by atoms with Gasteiger partial charge < -0.3 is 29.8 Å². The molecule has 5 aromatic rings. The number of anilines is 2. The maximum atomic E-state index is 15.2. The molecule has 3 fully saturated rings.